The van der Waals surface area contributed by atoms with E-state index in [0.717, 1.165) is 23.3 Å². The van der Waals surface area contributed by atoms with Gasteiger partial charge in [-0.05, 0) is 60.6 Å². The van der Waals surface area contributed by atoms with Gasteiger partial charge in [0.05, 0.1) is 17.3 Å². The van der Waals surface area contributed by atoms with E-state index in [1.807, 2.05) is 31.3 Å². The summed E-state index contributed by atoms with van der Waals surface area (Å²) >= 11 is 0. The first-order valence-corrected chi connectivity index (χ1v) is 11.9. The molecule has 1 aliphatic rings. The van der Waals surface area contributed by atoms with Crippen molar-refractivity contribution in [2.45, 2.75) is 12.3 Å². The molecule has 1 fully saturated rings. The quantitative estimate of drug-likeness (QED) is 0.295. The molecule has 2 unspecified atom stereocenters. The van der Waals surface area contributed by atoms with Crippen molar-refractivity contribution in [1.29, 1.82) is 0 Å². The number of para-hydroxylation sites is 2. The maximum absolute atomic E-state index is 13.1. The number of benzene rings is 3. The number of likely N-dealkylation sites (tertiary alicyclic amines) is 1. The maximum atomic E-state index is 13.1. The molecule has 0 aliphatic carbocycles. The van der Waals surface area contributed by atoms with Crippen molar-refractivity contribution in [3.63, 3.8) is 0 Å². The molecule has 2 amide bonds. The van der Waals surface area contributed by atoms with Crippen LogP contribution < -0.4 is 21.1 Å². The Morgan fingerprint density at radius 1 is 0.974 bits per heavy atom. The normalized spacial score (nSPS) is 17.9. The van der Waals surface area contributed by atoms with Gasteiger partial charge in [-0.2, -0.15) is 0 Å². The Kier molecular flexibility index (Phi) is 8.02. The van der Waals surface area contributed by atoms with Gasteiger partial charge in [-0.15, -0.1) is 13.2 Å². The lowest BCUT2D eigenvalue weighted by Crippen LogP contribution is -2.28. The number of carbonyl (C=O) groups excluding carboxylic acids is 2. The molecule has 3 aromatic carbocycles. The third kappa shape index (κ3) is 7.13. The van der Waals surface area contributed by atoms with Crippen molar-refractivity contribution in [3.05, 3.63) is 90.0 Å². The Labute approximate surface area is 218 Å². The number of amides is 2. The first-order valence-electron chi connectivity index (χ1n) is 11.9. The van der Waals surface area contributed by atoms with Crippen molar-refractivity contribution in [1.82, 2.24) is 4.90 Å². The molecule has 0 aromatic heterocycles. The van der Waals surface area contributed by atoms with Crippen LogP contribution in [0.3, 0.4) is 0 Å². The second-order valence-electron chi connectivity index (χ2n) is 9.07. The summed E-state index contributed by atoms with van der Waals surface area (Å²) in [7, 11) is 1.93. The second kappa shape index (κ2) is 11.4. The minimum Gasteiger partial charge on any atom is -0.406 e. The van der Waals surface area contributed by atoms with Crippen molar-refractivity contribution in [2.75, 3.05) is 36.5 Å². The molecule has 0 spiro atoms. The monoisotopic (exact) mass is 524 g/mol. The summed E-state index contributed by atoms with van der Waals surface area (Å²) in [5.41, 5.74) is 9.04. The van der Waals surface area contributed by atoms with Gasteiger partial charge in [0.15, 0.2) is 0 Å². The molecule has 4 N–H and O–H groups in total. The molecule has 2 atom stereocenters. The van der Waals surface area contributed by atoms with E-state index in [-0.39, 0.29) is 29.4 Å². The van der Waals surface area contributed by atoms with Crippen LogP contribution in [0.2, 0.25) is 0 Å². The molecule has 38 heavy (non-hydrogen) atoms. The van der Waals surface area contributed by atoms with Gasteiger partial charge in [-0.1, -0.05) is 36.4 Å². The van der Waals surface area contributed by atoms with E-state index in [4.69, 9.17) is 5.73 Å². The Hall–Kier alpha value is -4.31. The molecule has 0 bridgehead atoms. The zero-order valence-electron chi connectivity index (χ0n) is 20.5. The molecule has 0 saturated carbocycles. The van der Waals surface area contributed by atoms with E-state index < -0.39 is 6.36 Å². The number of nitrogens with two attached hydrogens (primary N) is 1. The van der Waals surface area contributed by atoms with Crippen molar-refractivity contribution in [2.24, 2.45) is 5.92 Å². The number of likely N-dealkylation sites (N-methyl/N-ethyl adjacent to an activating group) is 1. The molecular weight excluding hydrogens is 497 g/mol. The van der Waals surface area contributed by atoms with Gasteiger partial charge < -0.3 is 26.0 Å². The topological polar surface area (TPSA) is 96.7 Å². The number of alkyl halides is 3. The number of nitrogens with one attached hydrogen (secondary N) is 2. The Balaban J connectivity index is 1.38. The average molecular weight is 525 g/mol. The number of nitrogen functional groups attached to an aromatic ring is 1. The van der Waals surface area contributed by atoms with Gasteiger partial charge >= 0.3 is 6.36 Å². The fourth-order valence-corrected chi connectivity index (χ4v) is 4.39. The molecule has 3 aromatic rings. The van der Waals surface area contributed by atoms with Crippen molar-refractivity contribution < 1.29 is 27.5 Å². The van der Waals surface area contributed by atoms with E-state index in [1.165, 1.54) is 18.2 Å². The lowest BCUT2D eigenvalue weighted by atomic mass is 9.88. The number of ether oxygens (including phenoxy) is 1. The van der Waals surface area contributed by atoms with Crippen LogP contribution >= 0.6 is 0 Å². The highest BCUT2D eigenvalue weighted by Crippen LogP contribution is 2.33. The molecule has 7 nitrogen and oxygen atoms in total. The molecule has 198 valence electrons. The minimum absolute atomic E-state index is 0.0739. The zero-order valence-corrected chi connectivity index (χ0v) is 20.5. The highest BCUT2D eigenvalue weighted by Gasteiger charge is 2.37. The third-order valence-corrected chi connectivity index (χ3v) is 6.21. The van der Waals surface area contributed by atoms with Gasteiger partial charge in [0.25, 0.3) is 0 Å². The summed E-state index contributed by atoms with van der Waals surface area (Å²) in [6.07, 6.45) is -1.66. The summed E-state index contributed by atoms with van der Waals surface area (Å²) in [6, 6.07) is 19.7. The van der Waals surface area contributed by atoms with Gasteiger partial charge in [0, 0.05) is 30.8 Å². The zero-order chi connectivity index (χ0) is 27.3. The molecular formula is C28H27F3N4O3. The van der Waals surface area contributed by atoms with Crippen LogP contribution in [0.1, 0.15) is 17.0 Å². The van der Waals surface area contributed by atoms with Crippen LogP contribution in [-0.4, -0.2) is 43.2 Å². The van der Waals surface area contributed by atoms with E-state index in [9.17, 15) is 22.8 Å². The lowest BCUT2D eigenvalue weighted by Gasteiger charge is -2.19. The number of carbonyl (C=O) groups is 2. The van der Waals surface area contributed by atoms with E-state index >= 15 is 0 Å². The van der Waals surface area contributed by atoms with Crippen molar-refractivity contribution >= 4 is 35.0 Å². The average Bonchev–Trinajstić information content (AvgIpc) is 3.26. The number of nitrogens with zero attached hydrogens (tertiary/aromatic N) is 1. The smallest absolute Gasteiger partial charge is 0.406 e. The number of rotatable bonds is 7. The number of hydrogen-bond acceptors (Lipinski definition) is 5. The predicted molar refractivity (Wildman–Crippen MR) is 140 cm³/mol. The second-order valence-corrected chi connectivity index (χ2v) is 9.07. The molecule has 4 rings (SSSR count). The summed E-state index contributed by atoms with van der Waals surface area (Å²) in [5.74, 6) is -1.31. The highest BCUT2D eigenvalue weighted by molar-refractivity contribution is 6.03. The largest absolute Gasteiger partial charge is 0.573 e. The van der Waals surface area contributed by atoms with Crippen LogP contribution in [0.25, 0.3) is 6.08 Å². The lowest BCUT2D eigenvalue weighted by molar-refractivity contribution is -0.274. The van der Waals surface area contributed by atoms with Crippen LogP contribution in [0.4, 0.5) is 30.2 Å². The van der Waals surface area contributed by atoms with Gasteiger partial charge in [-0.25, -0.2) is 0 Å². The summed E-state index contributed by atoms with van der Waals surface area (Å²) in [6.45, 7) is 1.21. The Bertz CT molecular complexity index is 1310. The number of anilines is 3. The molecule has 1 heterocycles. The van der Waals surface area contributed by atoms with Crippen molar-refractivity contribution in [3.8, 4) is 5.75 Å². The molecule has 0 radical (unpaired) electrons. The van der Waals surface area contributed by atoms with E-state index in [0.29, 0.717) is 30.2 Å². The number of halogens is 3. The first-order chi connectivity index (χ1) is 18.1. The molecule has 1 aliphatic heterocycles. The Morgan fingerprint density at radius 3 is 2.32 bits per heavy atom. The van der Waals surface area contributed by atoms with E-state index in [2.05, 4.69) is 20.3 Å². The SMILES string of the molecule is CN1CC(C(=O)Nc2ccc(OC(F)(F)F)cc2)C(c2ccc(C=CC(=O)Nc3ccccc3N)cc2)C1. The van der Waals surface area contributed by atoms with Crippen LogP contribution in [-0.2, 0) is 9.59 Å². The van der Waals surface area contributed by atoms with Crippen LogP contribution in [0.15, 0.2) is 78.9 Å². The van der Waals surface area contributed by atoms with Crippen LogP contribution in [0.5, 0.6) is 5.75 Å². The minimum atomic E-state index is -4.78. The fraction of sp³-hybridized carbons (Fsp3) is 0.214. The number of hydrogen-bond donors (Lipinski definition) is 3. The maximum Gasteiger partial charge on any atom is 0.573 e. The standard InChI is InChI=1S/C28H27F3N4O3/c1-35-16-22(23(17-35)27(37)33-20-11-13-21(14-12-20)38-28(29,30)31)19-9-6-18(7-10-19)8-15-26(36)34-25-5-3-2-4-24(25)32/h2-15,22-23H,16-17,32H2,1H3,(H,33,37)(H,34,36). The summed E-state index contributed by atoms with van der Waals surface area (Å²) < 4.78 is 41.0. The predicted octanol–water partition coefficient (Wildman–Crippen LogP) is 5.10. The molecule has 1 saturated heterocycles. The van der Waals surface area contributed by atoms with Gasteiger partial charge in [0.1, 0.15) is 5.75 Å². The summed E-state index contributed by atoms with van der Waals surface area (Å²) in [4.78, 5) is 27.4. The highest BCUT2D eigenvalue weighted by atomic mass is 19.4. The molecule has 10 heteroatoms. The third-order valence-electron chi connectivity index (χ3n) is 6.21. The summed E-state index contributed by atoms with van der Waals surface area (Å²) in [5, 5.41) is 5.53. The van der Waals surface area contributed by atoms with Crippen LogP contribution in [0, 0.1) is 5.92 Å². The van der Waals surface area contributed by atoms with Gasteiger partial charge in [0.2, 0.25) is 11.8 Å². The first kappa shape index (κ1) is 26.7. The van der Waals surface area contributed by atoms with E-state index in [1.54, 1.807) is 30.3 Å². The van der Waals surface area contributed by atoms with Gasteiger partial charge in [-0.3, -0.25) is 9.59 Å². The Morgan fingerprint density at radius 2 is 1.66 bits per heavy atom. The fourth-order valence-electron chi connectivity index (χ4n) is 4.39.